The van der Waals surface area contributed by atoms with Gasteiger partial charge in [0.1, 0.15) is 21.7 Å². The third-order valence-electron chi connectivity index (χ3n) is 3.01. The molecular weight excluding hydrogens is 270 g/mol. The molecule has 84 valence electrons. The van der Waals surface area contributed by atoms with Gasteiger partial charge in [0.05, 0.1) is 0 Å². The van der Waals surface area contributed by atoms with E-state index in [0.717, 1.165) is 30.9 Å². The Labute approximate surface area is 101 Å². The normalized spacial score (nSPS) is 16.6. The maximum atomic E-state index is 9.77. The molecule has 0 radical (unpaired) electrons. The van der Waals surface area contributed by atoms with Crippen molar-refractivity contribution in [3.63, 3.8) is 0 Å². The number of halogens is 1. The molecule has 0 aromatic carbocycles. The fourth-order valence-electron chi connectivity index (χ4n) is 2.03. The molecule has 5 heteroatoms. The highest BCUT2D eigenvalue weighted by Crippen LogP contribution is 2.28. The standard InChI is InChI=1S/C11H12BrN3O/c12-11-10-8(16)2-1-3-15(10)9(14-11)4-7-5-13-6-7/h1-3,7,13,16H,4-6H2. The third kappa shape index (κ3) is 1.51. The van der Waals surface area contributed by atoms with Gasteiger partial charge < -0.3 is 10.4 Å². The van der Waals surface area contributed by atoms with Gasteiger partial charge in [-0.05, 0) is 47.1 Å². The van der Waals surface area contributed by atoms with E-state index in [2.05, 4.69) is 26.2 Å². The molecule has 1 saturated heterocycles. The van der Waals surface area contributed by atoms with E-state index in [4.69, 9.17) is 0 Å². The predicted octanol–water partition coefficient (Wildman–Crippen LogP) is 1.56. The summed E-state index contributed by atoms with van der Waals surface area (Å²) in [4.78, 5) is 4.46. The van der Waals surface area contributed by atoms with E-state index in [1.165, 1.54) is 0 Å². The smallest absolute Gasteiger partial charge is 0.142 e. The van der Waals surface area contributed by atoms with E-state index in [1.54, 1.807) is 6.07 Å². The quantitative estimate of drug-likeness (QED) is 0.879. The second-order valence-electron chi connectivity index (χ2n) is 4.16. The first-order valence-corrected chi connectivity index (χ1v) is 6.10. The predicted molar refractivity (Wildman–Crippen MR) is 64.6 cm³/mol. The first-order valence-electron chi connectivity index (χ1n) is 5.31. The zero-order valence-corrected chi connectivity index (χ0v) is 10.2. The van der Waals surface area contributed by atoms with Crippen LogP contribution >= 0.6 is 15.9 Å². The van der Waals surface area contributed by atoms with Gasteiger partial charge in [0, 0.05) is 12.6 Å². The summed E-state index contributed by atoms with van der Waals surface area (Å²) in [7, 11) is 0. The lowest BCUT2D eigenvalue weighted by atomic mass is 9.99. The number of aromatic nitrogens is 2. The van der Waals surface area contributed by atoms with Crippen molar-refractivity contribution in [3.05, 3.63) is 28.8 Å². The number of aromatic hydroxyl groups is 1. The molecule has 1 aliphatic rings. The molecule has 0 saturated carbocycles. The summed E-state index contributed by atoms with van der Waals surface area (Å²) in [6, 6.07) is 3.51. The summed E-state index contributed by atoms with van der Waals surface area (Å²) >= 11 is 3.39. The molecular formula is C11H12BrN3O. The van der Waals surface area contributed by atoms with E-state index in [-0.39, 0.29) is 5.75 Å². The molecule has 3 heterocycles. The molecule has 1 aliphatic heterocycles. The van der Waals surface area contributed by atoms with Gasteiger partial charge in [-0.1, -0.05) is 0 Å². The lowest BCUT2D eigenvalue weighted by Gasteiger charge is -2.26. The first kappa shape index (κ1) is 10.1. The van der Waals surface area contributed by atoms with Crippen LogP contribution in [0.3, 0.4) is 0 Å². The Bertz CT molecular complexity index is 533. The summed E-state index contributed by atoms with van der Waals surface area (Å²) in [5.74, 6) is 1.93. The van der Waals surface area contributed by atoms with Crippen LogP contribution in [-0.4, -0.2) is 27.6 Å². The Morgan fingerprint density at radius 3 is 3.06 bits per heavy atom. The van der Waals surface area contributed by atoms with Gasteiger partial charge in [-0.25, -0.2) is 4.98 Å². The van der Waals surface area contributed by atoms with Gasteiger partial charge in [0.2, 0.25) is 0 Å². The number of pyridine rings is 1. The molecule has 1 fully saturated rings. The summed E-state index contributed by atoms with van der Waals surface area (Å²) < 4.78 is 2.67. The fourth-order valence-corrected chi connectivity index (χ4v) is 2.63. The molecule has 0 spiro atoms. The minimum atomic E-state index is 0.264. The lowest BCUT2D eigenvalue weighted by Crippen LogP contribution is -2.43. The Morgan fingerprint density at radius 2 is 2.38 bits per heavy atom. The van der Waals surface area contributed by atoms with Gasteiger partial charge in [-0.3, -0.25) is 4.40 Å². The number of nitrogens with zero attached hydrogens (tertiary/aromatic N) is 2. The van der Waals surface area contributed by atoms with Crippen LogP contribution in [0.4, 0.5) is 0 Å². The van der Waals surface area contributed by atoms with Crippen molar-refractivity contribution in [1.29, 1.82) is 0 Å². The highest BCUT2D eigenvalue weighted by Gasteiger charge is 2.21. The maximum absolute atomic E-state index is 9.77. The Kier molecular flexibility index (Phi) is 2.37. The van der Waals surface area contributed by atoms with Crippen LogP contribution in [0.5, 0.6) is 5.75 Å². The monoisotopic (exact) mass is 281 g/mol. The van der Waals surface area contributed by atoms with Gasteiger partial charge in [-0.15, -0.1) is 0 Å². The van der Waals surface area contributed by atoms with Crippen LogP contribution < -0.4 is 5.32 Å². The van der Waals surface area contributed by atoms with E-state index < -0.39 is 0 Å². The zero-order chi connectivity index (χ0) is 11.1. The number of hydrogen-bond acceptors (Lipinski definition) is 3. The lowest BCUT2D eigenvalue weighted by molar-refractivity contribution is 0.340. The van der Waals surface area contributed by atoms with Gasteiger partial charge in [-0.2, -0.15) is 0 Å². The number of nitrogens with one attached hydrogen (secondary N) is 1. The van der Waals surface area contributed by atoms with Crippen LogP contribution in [-0.2, 0) is 6.42 Å². The molecule has 2 aromatic heterocycles. The van der Waals surface area contributed by atoms with Crippen molar-refractivity contribution in [2.75, 3.05) is 13.1 Å². The molecule has 0 amide bonds. The van der Waals surface area contributed by atoms with Crippen LogP contribution in [0.1, 0.15) is 5.82 Å². The summed E-state index contributed by atoms with van der Waals surface area (Å²) in [6.07, 6.45) is 2.89. The average Bonchev–Trinajstić information content (AvgIpc) is 2.51. The van der Waals surface area contributed by atoms with Crippen molar-refractivity contribution in [3.8, 4) is 5.75 Å². The Hall–Kier alpha value is -1.07. The molecule has 2 N–H and O–H groups in total. The number of imidazole rings is 1. The highest BCUT2D eigenvalue weighted by molar-refractivity contribution is 9.10. The SMILES string of the molecule is Oc1cccn2c(CC3CNC3)nc(Br)c12. The molecule has 0 atom stereocenters. The topological polar surface area (TPSA) is 49.6 Å². The minimum Gasteiger partial charge on any atom is -0.506 e. The molecule has 4 nitrogen and oxygen atoms in total. The van der Waals surface area contributed by atoms with E-state index in [9.17, 15) is 5.11 Å². The average molecular weight is 282 g/mol. The van der Waals surface area contributed by atoms with Crippen molar-refractivity contribution in [1.82, 2.24) is 14.7 Å². The van der Waals surface area contributed by atoms with Gasteiger partial charge in [0.25, 0.3) is 0 Å². The molecule has 0 bridgehead atoms. The van der Waals surface area contributed by atoms with Gasteiger partial charge in [0.15, 0.2) is 0 Å². The number of rotatable bonds is 2. The van der Waals surface area contributed by atoms with E-state index in [0.29, 0.717) is 10.5 Å². The number of hydrogen-bond donors (Lipinski definition) is 2. The fraction of sp³-hybridized carbons (Fsp3) is 0.364. The summed E-state index contributed by atoms with van der Waals surface area (Å²) in [5.41, 5.74) is 0.754. The van der Waals surface area contributed by atoms with Gasteiger partial charge >= 0.3 is 0 Å². The molecule has 16 heavy (non-hydrogen) atoms. The Morgan fingerprint density at radius 1 is 1.56 bits per heavy atom. The minimum absolute atomic E-state index is 0.264. The van der Waals surface area contributed by atoms with Crippen molar-refractivity contribution < 1.29 is 5.11 Å². The van der Waals surface area contributed by atoms with E-state index in [1.807, 2.05) is 16.7 Å². The van der Waals surface area contributed by atoms with Crippen molar-refractivity contribution in [2.45, 2.75) is 6.42 Å². The first-order chi connectivity index (χ1) is 7.75. The highest BCUT2D eigenvalue weighted by atomic mass is 79.9. The van der Waals surface area contributed by atoms with Crippen LogP contribution in [0.25, 0.3) is 5.52 Å². The third-order valence-corrected chi connectivity index (χ3v) is 3.56. The molecule has 0 unspecified atom stereocenters. The van der Waals surface area contributed by atoms with Crippen molar-refractivity contribution >= 4 is 21.4 Å². The van der Waals surface area contributed by atoms with Crippen LogP contribution in [0, 0.1) is 5.92 Å². The Balaban J connectivity index is 2.07. The van der Waals surface area contributed by atoms with Crippen LogP contribution in [0.15, 0.2) is 22.9 Å². The van der Waals surface area contributed by atoms with Crippen LogP contribution in [0.2, 0.25) is 0 Å². The second kappa shape index (κ2) is 3.75. The second-order valence-corrected chi connectivity index (χ2v) is 4.91. The van der Waals surface area contributed by atoms with Crippen molar-refractivity contribution in [2.24, 2.45) is 5.92 Å². The molecule has 0 aliphatic carbocycles. The zero-order valence-electron chi connectivity index (χ0n) is 8.65. The summed E-state index contributed by atoms with van der Waals surface area (Å²) in [6.45, 7) is 2.12. The summed E-state index contributed by atoms with van der Waals surface area (Å²) in [5, 5.41) is 13.0. The molecule has 2 aromatic rings. The number of fused-ring (bicyclic) bond motifs is 1. The maximum Gasteiger partial charge on any atom is 0.142 e. The molecule has 3 rings (SSSR count). The van der Waals surface area contributed by atoms with E-state index >= 15 is 0 Å². The largest absolute Gasteiger partial charge is 0.506 e.